The van der Waals surface area contributed by atoms with Crippen LogP contribution in [0.1, 0.15) is 19.3 Å². The molecule has 122 valence electrons. The van der Waals surface area contributed by atoms with E-state index in [0.717, 1.165) is 23.9 Å². The molecule has 2 fully saturated rings. The van der Waals surface area contributed by atoms with Crippen LogP contribution in [0, 0.1) is 0 Å². The Balaban J connectivity index is 1.56. The number of nitrogens with zero attached hydrogens (tertiary/aromatic N) is 4. The fourth-order valence-corrected chi connectivity index (χ4v) is 5.01. The molecule has 1 saturated heterocycles. The van der Waals surface area contributed by atoms with Gasteiger partial charge < -0.3 is 4.90 Å². The summed E-state index contributed by atoms with van der Waals surface area (Å²) in [6.07, 6.45) is 2.46. The number of carbonyl (C=O) groups is 1. The summed E-state index contributed by atoms with van der Waals surface area (Å²) in [7, 11) is -3.01. The number of aromatic nitrogens is 3. The van der Waals surface area contributed by atoms with E-state index in [-0.39, 0.29) is 36.0 Å². The molecule has 2 aromatic rings. The number of hydrogen-bond donors (Lipinski definition) is 0. The Morgan fingerprint density at radius 2 is 2.00 bits per heavy atom. The van der Waals surface area contributed by atoms with E-state index in [1.807, 2.05) is 24.3 Å². The zero-order valence-corrected chi connectivity index (χ0v) is 13.4. The van der Waals surface area contributed by atoms with Crippen LogP contribution in [0.25, 0.3) is 11.0 Å². The van der Waals surface area contributed by atoms with Crippen LogP contribution in [-0.4, -0.2) is 57.8 Å². The molecule has 1 amide bonds. The van der Waals surface area contributed by atoms with Gasteiger partial charge in [-0.25, -0.2) is 13.1 Å². The van der Waals surface area contributed by atoms with Crippen LogP contribution in [0.3, 0.4) is 0 Å². The molecule has 8 heteroatoms. The van der Waals surface area contributed by atoms with E-state index >= 15 is 0 Å². The van der Waals surface area contributed by atoms with Gasteiger partial charge in [0.15, 0.2) is 9.84 Å². The number of benzene rings is 1. The number of carbonyl (C=O) groups excluding carboxylic acids is 1. The van der Waals surface area contributed by atoms with Gasteiger partial charge in [0.2, 0.25) is 5.91 Å². The van der Waals surface area contributed by atoms with Gasteiger partial charge in [-0.2, -0.15) is 0 Å². The summed E-state index contributed by atoms with van der Waals surface area (Å²) < 4.78 is 25.1. The monoisotopic (exact) mass is 334 g/mol. The zero-order valence-electron chi connectivity index (χ0n) is 12.6. The van der Waals surface area contributed by atoms with Crippen LogP contribution in [0.4, 0.5) is 0 Å². The normalized spacial score (nSPS) is 23.2. The van der Waals surface area contributed by atoms with Gasteiger partial charge in [-0.1, -0.05) is 17.3 Å². The molecular formula is C15H18N4O3S. The average Bonchev–Trinajstić information content (AvgIpc) is 3.16. The molecule has 1 aromatic carbocycles. The molecule has 0 N–H and O–H groups in total. The molecule has 1 aliphatic heterocycles. The summed E-state index contributed by atoms with van der Waals surface area (Å²) in [6, 6.07) is 7.50. The molecular weight excluding hydrogens is 316 g/mol. The molecule has 0 spiro atoms. The first-order valence-corrected chi connectivity index (χ1v) is 9.65. The Hall–Kier alpha value is -1.96. The van der Waals surface area contributed by atoms with Crippen LogP contribution in [0.5, 0.6) is 0 Å². The molecule has 7 nitrogen and oxygen atoms in total. The Morgan fingerprint density at radius 1 is 1.22 bits per heavy atom. The predicted octanol–water partition coefficient (Wildman–Crippen LogP) is 0.609. The zero-order chi connectivity index (χ0) is 16.0. The molecule has 2 aliphatic rings. The van der Waals surface area contributed by atoms with Crippen molar-refractivity contribution in [3.63, 3.8) is 0 Å². The van der Waals surface area contributed by atoms with E-state index in [1.54, 1.807) is 9.58 Å². The lowest BCUT2D eigenvalue weighted by Gasteiger charge is -2.28. The van der Waals surface area contributed by atoms with Crippen molar-refractivity contribution in [2.75, 3.05) is 11.5 Å². The molecule has 1 unspecified atom stereocenters. The number of sulfone groups is 1. The summed E-state index contributed by atoms with van der Waals surface area (Å²) in [5.74, 6) is 0.207. The second-order valence-corrected chi connectivity index (χ2v) is 8.55. The first kappa shape index (κ1) is 14.6. The lowest BCUT2D eigenvalue weighted by Crippen LogP contribution is -2.44. The van der Waals surface area contributed by atoms with Crippen molar-refractivity contribution in [1.82, 2.24) is 19.9 Å². The summed E-state index contributed by atoms with van der Waals surface area (Å²) >= 11 is 0. The molecule has 0 radical (unpaired) electrons. The van der Waals surface area contributed by atoms with E-state index in [4.69, 9.17) is 0 Å². The van der Waals surface area contributed by atoms with Crippen molar-refractivity contribution in [2.45, 2.75) is 37.9 Å². The lowest BCUT2D eigenvalue weighted by molar-refractivity contribution is -0.134. The highest BCUT2D eigenvalue weighted by atomic mass is 32.2. The minimum Gasteiger partial charge on any atom is -0.334 e. The van der Waals surface area contributed by atoms with E-state index in [0.29, 0.717) is 6.42 Å². The minimum absolute atomic E-state index is 0.0646. The van der Waals surface area contributed by atoms with Crippen LogP contribution >= 0.6 is 0 Å². The molecule has 4 rings (SSSR count). The maximum absolute atomic E-state index is 12.8. The first-order valence-electron chi connectivity index (χ1n) is 7.83. The van der Waals surface area contributed by atoms with E-state index in [1.165, 1.54) is 0 Å². The summed E-state index contributed by atoms with van der Waals surface area (Å²) in [4.78, 5) is 14.6. The number of amides is 1. The van der Waals surface area contributed by atoms with E-state index in [2.05, 4.69) is 10.3 Å². The third-order valence-electron chi connectivity index (χ3n) is 4.54. The van der Waals surface area contributed by atoms with Gasteiger partial charge in [0.25, 0.3) is 0 Å². The fourth-order valence-electron chi connectivity index (χ4n) is 3.30. The largest absolute Gasteiger partial charge is 0.334 e. The van der Waals surface area contributed by atoms with Gasteiger partial charge in [0, 0.05) is 12.1 Å². The van der Waals surface area contributed by atoms with Gasteiger partial charge in [-0.3, -0.25) is 4.79 Å². The van der Waals surface area contributed by atoms with Crippen molar-refractivity contribution >= 4 is 26.8 Å². The fraction of sp³-hybridized carbons (Fsp3) is 0.533. The average molecular weight is 334 g/mol. The molecule has 1 saturated carbocycles. The lowest BCUT2D eigenvalue weighted by atomic mass is 10.2. The van der Waals surface area contributed by atoms with Crippen molar-refractivity contribution in [1.29, 1.82) is 0 Å². The Kier molecular flexibility index (Phi) is 3.37. The molecule has 2 heterocycles. The predicted molar refractivity (Wildman–Crippen MR) is 84.5 cm³/mol. The Bertz CT molecular complexity index is 856. The van der Waals surface area contributed by atoms with Gasteiger partial charge in [-0.15, -0.1) is 5.10 Å². The summed E-state index contributed by atoms with van der Waals surface area (Å²) in [5.41, 5.74) is 1.57. The quantitative estimate of drug-likeness (QED) is 0.818. The SMILES string of the molecule is O=C(Cn1nnc2ccccc21)N(C1CC1)C1CCS(=O)(=O)C1. The third-order valence-corrected chi connectivity index (χ3v) is 6.29. The van der Waals surface area contributed by atoms with Gasteiger partial charge >= 0.3 is 0 Å². The molecule has 0 bridgehead atoms. The van der Waals surface area contributed by atoms with Crippen LogP contribution in [-0.2, 0) is 21.2 Å². The molecule has 1 atom stereocenters. The number of para-hydroxylation sites is 1. The highest BCUT2D eigenvalue weighted by molar-refractivity contribution is 7.91. The first-order chi connectivity index (χ1) is 11.0. The topological polar surface area (TPSA) is 85.2 Å². The summed E-state index contributed by atoms with van der Waals surface area (Å²) in [6.45, 7) is 0.105. The molecule has 1 aromatic heterocycles. The van der Waals surface area contributed by atoms with Gasteiger partial charge in [-0.05, 0) is 31.4 Å². The van der Waals surface area contributed by atoms with Crippen molar-refractivity contribution in [3.05, 3.63) is 24.3 Å². The Labute approximate surface area is 134 Å². The van der Waals surface area contributed by atoms with Crippen molar-refractivity contribution in [2.24, 2.45) is 0 Å². The second-order valence-electron chi connectivity index (χ2n) is 6.32. The summed E-state index contributed by atoms with van der Waals surface area (Å²) in [5, 5.41) is 8.11. The van der Waals surface area contributed by atoms with Crippen molar-refractivity contribution < 1.29 is 13.2 Å². The van der Waals surface area contributed by atoms with Crippen LogP contribution < -0.4 is 0 Å². The number of rotatable bonds is 4. The smallest absolute Gasteiger partial charge is 0.244 e. The number of fused-ring (bicyclic) bond motifs is 1. The number of hydrogen-bond acceptors (Lipinski definition) is 5. The maximum Gasteiger partial charge on any atom is 0.244 e. The van der Waals surface area contributed by atoms with Crippen LogP contribution in [0.15, 0.2) is 24.3 Å². The molecule has 1 aliphatic carbocycles. The standard InChI is InChI=1S/C15H18N4O3S/c20-15(9-18-14-4-2-1-3-13(14)16-17-18)19(11-5-6-11)12-7-8-23(21,22)10-12/h1-4,11-12H,5-10H2. The van der Waals surface area contributed by atoms with E-state index in [9.17, 15) is 13.2 Å². The van der Waals surface area contributed by atoms with E-state index < -0.39 is 9.84 Å². The third kappa shape index (κ3) is 2.83. The Morgan fingerprint density at radius 3 is 2.70 bits per heavy atom. The highest BCUT2D eigenvalue weighted by Gasteiger charge is 2.42. The van der Waals surface area contributed by atoms with Gasteiger partial charge in [0.05, 0.1) is 17.0 Å². The second kappa shape index (κ2) is 5.30. The molecule has 23 heavy (non-hydrogen) atoms. The van der Waals surface area contributed by atoms with Gasteiger partial charge in [0.1, 0.15) is 12.1 Å². The van der Waals surface area contributed by atoms with Crippen LogP contribution in [0.2, 0.25) is 0 Å². The highest BCUT2D eigenvalue weighted by Crippen LogP contribution is 2.32. The van der Waals surface area contributed by atoms with Crippen molar-refractivity contribution in [3.8, 4) is 0 Å². The maximum atomic E-state index is 12.8. The minimum atomic E-state index is -3.01.